The largest absolute Gasteiger partial charge is 0.493 e. The number of hydrogen-bond acceptors (Lipinski definition) is 5. The summed E-state index contributed by atoms with van der Waals surface area (Å²) < 4.78 is 18.2. The summed E-state index contributed by atoms with van der Waals surface area (Å²) >= 11 is 0. The highest BCUT2D eigenvalue weighted by Crippen LogP contribution is 2.39. The Balaban J connectivity index is 0.00000392. The lowest BCUT2D eigenvalue weighted by Gasteiger charge is -2.15. The fourth-order valence-electron chi connectivity index (χ4n) is 2.67. The van der Waals surface area contributed by atoms with E-state index in [-0.39, 0.29) is 24.0 Å². The van der Waals surface area contributed by atoms with Crippen molar-refractivity contribution in [3.63, 3.8) is 0 Å². The van der Waals surface area contributed by atoms with Crippen molar-refractivity contribution in [1.82, 2.24) is 20.4 Å². The molecule has 0 radical (unpaired) electrons. The average molecular weight is 503 g/mol. The molecule has 9 heteroatoms. The molecule has 2 N–H and O–H groups in total. The lowest BCUT2D eigenvalue weighted by Crippen LogP contribution is -2.38. The molecule has 0 aliphatic heterocycles. The Morgan fingerprint density at radius 3 is 2.50 bits per heavy atom. The second kappa shape index (κ2) is 13.1. The van der Waals surface area contributed by atoms with E-state index in [1.54, 1.807) is 27.5 Å². The number of halogens is 1. The summed E-state index contributed by atoms with van der Waals surface area (Å²) in [5, 5.41) is 10.8. The number of methoxy groups -OCH3 is 3. The van der Waals surface area contributed by atoms with E-state index in [4.69, 9.17) is 14.2 Å². The van der Waals surface area contributed by atoms with Gasteiger partial charge in [0.1, 0.15) is 0 Å². The van der Waals surface area contributed by atoms with Crippen molar-refractivity contribution >= 4 is 29.9 Å². The first-order valence-electron chi connectivity index (χ1n) is 9.00. The van der Waals surface area contributed by atoms with Crippen molar-refractivity contribution in [3.8, 4) is 17.2 Å². The van der Waals surface area contributed by atoms with Crippen LogP contribution < -0.4 is 24.8 Å². The van der Waals surface area contributed by atoms with Gasteiger partial charge in [0.2, 0.25) is 5.75 Å². The third kappa shape index (κ3) is 6.77. The van der Waals surface area contributed by atoms with Crippen molar-refractivity contribution in [3.05, 3.63) is 36.2 Å². The second-order valence-corrected chi connectivity index (χ2v) is 5.74. The molecule has 0 spiro atoms. The summed E-state index contributed by atoms with van der Waals surface area (Å²) in [7, 11) is 4.81. The van der Waals surface area contributed by atoms with E-state index in [0.717, 1.165) is 37.6 Å². The Morgan fingerprint density at radius 2 is 1.89 bits per heavy atom. The molecule has 0 saturated heterocycles. The SMILES string of the molecule is CCNC(=NCc1ccc(OC)c(OC)c1OC)NCCCn1cccn1.I. The van der Waals surface area contributed by atoms with Gasteiger partial charge in [-0.1, -0.05) is 0 Å². The predicted octanol–water partition coefficient (Wildman–Crippen LogP) is 2.67. The van der Waals surface area contributed by atoms with Gasteiger partial charge < -0.3 is 24.8 Å². The quantitative estimate of drug-likeness (QED) is 0.225. The fourth-order valence-corrected chi connectivity index (χ4v) is 2.67. The molecule has 0 bridgehead atoms. The van der Waals surface area contributed by atoms with Crippen molar-refractivity contribution in [2.75, 3.05) is 34.4 Å². The summed E-state index contributed by atoms with van der Waals surface area (Å²) in [6.07, 6.45) is 4.70. The van der Waals surface area contributed by atoms with Crippen LogP contribution in [0.2, 0.25) is 0 Å². The molecule has 8 nitrogen and oxygen atoms in total. The van der Waals surface area contributed by atoms with Gasteiger partial charge in [0.15, 0.2) is 17.5 Å². The molecule has 0 aliphatic rings. The molecule has 0 unspecified atom stereocenters. The summed E-state index contributed by atoms with van der Waals surface area (Å²) in [4.78, 5) is 4.65. The van der Waals surface area contributed by atoms with Gasteiger partial charge in [-0.2, -0.15) is 5.10 Å². The van der Waals surface area contributed by atoms with Crippen molar-refractivity contribution in [1.29, 1.82) is 0 Å². The smallest absolute Gasteiger partial charge is 0.203 e. The van der Waals surface area contributed by atoms with Crippen molar-refractivity contribution in [2.24, 2.45) is 4.99 Å². The number of benzene rings is 1. The minimum atomic E-state index is 0. The van der Waals surface area contributed by atoms with Crippen LogP contribution in [0, 0.1) is 0 Å². The van der Waals surface area contributed by atoms with Crippen LogP contribution in [-0.2, 0) is 13.1 Å². The summed E-state index contributed by atoms with van der Waals surface area (Å²) in [5.74, 6) is 2.60. The van der Waals surface area contributed by atoms with Crippen LogP contribution in [0.1, 0.15) is 18.9 Å². The fraction of sp³-hybridized carbons (Fsp3) is 0.474. The molecule has 1 heterocycles. The molecule has 28 heavy (non-hydrogen) atoms. The first-order valence-corrected chi connectivity index (χ1v) is 9.00. The zero-order chi connectivity index (χ0) is 19.5. The zero-order valence-electron chi connectivity index (χ0n) is 16.9. The molecular formula is C19H30IN5O3. The Hall–Kier alpha value is -2.17. The Labute approximate surface area is 183 Å². The number of aliphatic imine (C=N–C) groups is 1. The lowest BCUT2D eigenvalue weighted by atomic mass is 10.1. The van der Waals surface area contributed by atoms with Gasteiger partial charge in [0, 0.05) is 37.6 Å². The number of guanidine groups is 1. The third-order valence-electron chi connectivity index (χ3n) is 3.95. The number of aryl methyl sites for hydroxylation is 1. The van der Waals surface area contributed by atoms with Crippen molar-refractivity contribution in [2.45, 2.75) is 26.4 Å². The maximum absolute atomic E-state index is 5.52. The number of aromatic nitrogens is 2. The molecular weight excluding hydrogens is 473 g/mol. The number of ether oxygens (including phenoxy) is 3. The van der Waals surface area contributed by atoms with Crippen LogP contribution in [0.15, 0.2) is 35.6 Å². The molecule has 2 rings (SSSR count). The van der Waals surface area contributed by atoms with E-state index < -0.39 is 0 Å². The van der Waals surface area contributed by atoms with Gasteiger partial charge >= 0.3 is 0 Å². The van der Waals surface area contributed by atoms with E-state index in [0.29, 0.717) is 23.8 Å². The van der Waals surface area contributed by atoms with Gasteiger partial charge in [-0.05, 0) is 31.5 Å². The van der Waals surface area contributed by atoms with Crippen LogP contribution in [0.4, 0.5) is 0 Å². The Kier molecular flexibility index (Phi) is 11.2. The summed E-state index contributed by atoms with van der Waals surface area (Å²) in [6.45, 7) is 4.95. The average Bonchev–Trinajstić information content (AvgIpc) is 3.21. The minimum Gasteiger partial charge on any atom is -0.493 e. The first-order chi connectivity index (χ1) is 13.2. The van der Waals surface area contributed by atoms with Crippen LogP contribution in [-0.4, -0.2) is 50.2 Å². The van der Waals surface area contributed by atoms with Crippen LogP contribution in [0.25, 0.3) is 0 Å². The molecule has 156 valence electrons. The molecule has 0 atom stereocenters. The molecule has 0 fully saturated rings. The predicted molar refractivity (Wildman–Crippen MR) is 121 cm³/mol. The molecule has 0 saturated carbocycles. The minimum absolute atomic E-state index is 0. The van der Waals surface area contributed by atoms with E-state index >= 15 is 0 Å². The summed E-state index contributed by atoms with van der Waals surface area (Å²) in [6, 6.07) is 5.72. The van der Waals surface area contributed by atoms with Gasteiger partial charge in [0.05, 0.1) is 27.9 Å². The maximum atomic E-state index is 5.52. The van der Waals surface area contributed by atoms with Gasteiger partial charge in [-0.3, -0.25) is 4.68 Å². The van der Waals surface area contributed by atoms with Gasteiger partial charge in [0.25, 0.3) is 0 Å². The first kappa shape index (κ1) is 23.9. The van der Waals surface area contributed by atoms with Gasteiger partial charge in [-0.25, -0.2) is 4.99 Å². The monoisotopic (exact) mass is 503 g/mol. The topological polar surface area (TPSA) is 81.9 Å². The summed E-state index contributed by atoms with van der Waals surface area (Å²) in [5.41, 5.74) is 0.920. The van der Waals surface area contributed by atoms with Gasteiger partial charge in [-0.15, -0.1) is 24.0 Å². The standard InChI is InChI=1S/C19H29N5O3.HI/c1-5-20-19(21-10-6-12-24-13-7-11-23-24)22-14-15-8-9-16(25-2)18(27-4)17(15)26-3;/h7-9,11,13H,5-6,10,12,14H2,1-4H3,(H2,20,21,22);1H. The van der Waals surface area contributed by atoms with Crippen molar-refractivity contribution < 1.29 is 14.2 Å². The molecule has 1 aromatic heterocycles. The Bertz CT molecular complexity index is 723. The van der Waals surface area contributed by atoms with E-state index in [1.807, 2.05) is 36.0 Å². The van der Waals surface area contributed by atoms with E-state index in [1.165, 1.54) is 0 Å². The lowest BCUT2D eigenvalue weighted by molar-refractivity contribution is 0.322. The number of rotatable bonds is 10. The second-order valence-electron chi connectivity index (χ2n) is 5.74. The highest BCUT2D eigenvalue weighted by atomic mass is 127. The highest BCUT2D eigenvalue weighted by Gasteiger charge is 2.15. The number of nitrogens with one attached hydrogen (secondary N) is 2. The zero-order valence-corrected chi connectivity index (χ0v) is 19.2. The molecule has 1 aromatic carbocycles. The Morgan fingerprint density at radius 1 is 1.11 bits per heavy atom. The normalized spacial score (nSPS) is 10.8. The molecule has 2 aromatic rings. The highest BCUT2D eigenvalue weighted by molar-refractivity contribution is 14.0. The maximum Gasteiger partial charge on any atom is 0.203 e. The molecule has 0 aliphatic carbocycles. The molecule has 0 amide bonds. The van der Waals surface area contributed by atoms with Crippen LogP contribution in [0.5, 0.6) is 17.2 Å². The van der Waals surface area contributed by atoms with Crippen LogP contribution in [0.3, 0.4) is 0 Å². The third-order valence-corrected chi connectivity index (χ3v) is 3.95. The number of nitrogens with zero attached hydrogens (tertiary/aromatic N) is 3. The van der Waals surface area contributed by atoms with E-state index in [2.05, 4.69) is 20.7 Å². The van der Waals surface area contributed by atoms with Crippen LogP contribution >= 0.6 is 24.0 Å². The van der Waals surface area contributed by atoms with E-state index in [9.17, 15) is 0 Å². The number of hydrogen-bond donors (Lipinski definition) is 2.